The van der Waals surface area contributed by atoms with E-state index in [1.165, 1.54) is 23.7 Å². The van der Waals surface area contributed by atoms with Crippen molar-refractivity contribution in [3.8, 4) is 0 Å². The van der Waals surface area contributed by atoms with Crippen molar-refractivity contribution >= 4 is 17.5 Å². The fourth-order valence-corrected chi connectivity index (χ4v) is 2.51. The van der Waals surface area contributed by atoms with Gasteiger partial charge >= 0.3 is 5.97 Å². The molecule has 0 aliphatic heterocycles. The first-order valence-corrected chi connectivity index (χ1v) is 6.59. The van der Waals surface area contributed by atoms with Gasteiger partial charge in [0.1, 0.15) is 17.2 Å². The van der Waals surface area contributed by atoms with Crippen molar-refractivity contribution in [3.63, 3.8) is 0 Å². The van der Waals surface area contributed by atoms with Crippen molar-refractivity contribution in [2.75, 3.05) is 5.32 Å². The molecule has 1 aromatic heterocycles. The summed E-state index contributed by atoms with van der Waals surface area (Å²) >= 11 is 0. The second-order valence-corrected chi connectivity index (χ2v) is 4.95. The molecular weight excluding hydrogens is 254 g/mol. The van der Waals surface area contributed by atoms with E-state index in [9.17, 15) is 4.79 Å². The predicted octanol–water partition coefficient (Wildman–Crippen LogP) is 2.72. The Balaban J connectivity index is 1.95. The van der Waals surface area contributed by atoms with Crippen molar-refractivity contribution in [1.82, 2.24) is 9.97 Å². The number of fused-ring (bicyclic) bond motifs is 1. The lowest BCUT2D eigenvalue weighted by molar-refractivity contribution is 0.0697. The number of rotatable bonds is 3. The molecule has 102 valence electrons. The van der Waals surface area contributed by atoms with E-state index in [4.69, 9.17) is 5.11 Å². The zero-order chi connectivity index (χ0) is 14.1. The molecule has 0 bridgehead atoms. The average Bonchev–Trinajstić information content (AvgIpc) is 2.85. The summed E-state index contributed by atoms with van der Waals surface area (Å²) in [5.74, 6) is -0.157. The summed E-state index contributed by atoms with van der Waals surface area (Å²) in [7, 11) is 0. The number of hydrogen-bond acceptors (Lipinski definition) is 4. The van der Waals surface area contributed by atoms with Crippen LogP contribution in [0.15, 0.2) is 24.4 Å². The van der Waals surface area contributed by atoms with Gasteiger partial charge in [-0.25, -0.2) is 14.8 Å². The van der Waals surface area contributed by atoms with E-state index < -0.39 is 5.97 Å². The van der Waals surface area contributed by atoms with Crippen molar-refractivity contribution in [2.45, 2.75) is 26.2 Å². The van der Waals surface area contributed by atoms with Gasteiger partial charge in [-0.2, -0.15) is 0 Å². The maximum absolute atomic E-state index is 11.2. The maximum Gasteiger partial charge on any atom is 0.341 e. The lowest BCUT2D eigenvalue weighted by atomic mass is 10.1. The van der Waals surface area contributed by atoms with Crippen LogP contribution in [0.3, 0.4) is 0 Å². The number of carbonyl (C=O) groups is 1. The summed E-state index contributed by atoms with van der Waals surface area (Å²) in [4.78, 5) is 19.3. The van der Waals surface area contributed by atoms with Gasteiger partial charge in [-0.3, -0.25) is 0 Å². The molecule has 3 rings (SSSR count). The largest absolute Gasteiger partial charge is 0.477 e. The molecule has 0 spiro atoms. The second-order valence-electron chi connectivity index (χ2n) is 4.95. The third kappa shape index (κ3) is 2.34. The molecule has 1 aliphatic carbocycles. The van der Waals surface area contributed by atoms with Crippen LogP contribution in [0.2, 0.25) is 0 Å². The summed E-state index contributed by atoms with van der Waals surface area (Å²) in [6.45, 7) is 1.74. The standard InChI is InChI=1S/C15H15N3O2/c1-9-16-8-13(15(19)20)14(17-9)18-12-6-5-10-3-2-4-11(10)7-12/h5-8H,2-4H2,1H3,(H,19,20)(H,16,17,18). The van der Waals surface area contributed by atoms with Crippen LogP contribution >= 0.6 is 0 Å². The quantitative estimate of drug-likeness (QED) is 0.896. The van der Waals surface area contributed by atoms with Crippen LogP contribution in [0.5, 0.6) is 0 Å². The molecule has 20 heavy (non-hydrogen) atoms. The fraction of sp³-hybridized carbons (Fsp3) is 0.267. The molecule has 1 aromatic carbocycles. The number of carboxylic acids is 1. The Morgan fingerprint density at radius 1 is 1.30 bits per heavy atom. The van der Waals surface area contributed by atoms with Gasteiger partial charge in [0.25, 0.3) is 0 Å². The van der Waals surface area contributed by atoms with Crippen LogP contribution in [0.1, 0.15) is 33.7 Å². The molecule has 2 aromatic rings. The summed E-state index contributed by atoms with van der Waals surface area (Å²) in [6, 6.07) is 6.14. The SMILES string of the molecule is Cc1ncc(C(=O)O)c(Nc2ccc3c(c2)CCC3)n1. The number of anilines is 2. The lowest BCUT2D eigenvalue weighted by Crippen LogP contribution is -2.07. The van der Waals surface area contributed by atoms with Crippen LogP contribution in [0.4, 0.5) is 11.5 Å². The van der Waals surface area contributed by atoms with Gasteiger partial charge in [-0.15, -0.1) is 0 Å². The lowest BCUT2D eigenvalue weighted by Gasteiger charge is -2.10. The van der Waals surface area contributed by atoms with Gasteiger partial charge in [0.05, 0.1) is 0 Å². The third-order valence-corrected chi connectivity index (χ3v) is 3.50. The first-order valence-electron chi connectivity index (χ1n) is 6.59. The highest BCUT2D eigenvalue weighted by molar-refractivity contribution is 5.93. The van der Waals surface area contributed by atoms with Crippen LogP contribution in [-0.4, -0.2) is 21.0 Å². The zero-order valence-corrected chi connectivity index (χ0v) is 11.2. The Morgan fingerprint density at radius 3 is 2.90 bits per heavy atom. The molecule has 1 aliphatic rings. The van der Waals surface area contributed by atoms with E-state index in [2.05, 4.69) is 27.4 Å². The van der Waals surface area contributed by atoms with Gasteiger partial charge in [-0.1, -0.05) is 6.07 Å². The number of carboxylic acid groups (broad SMARTS) is 1. The third-order valence-electron chi connectivity index (χ3n) is 3.50. The predicted molar refractivity (Wildman–Crippen MR) is 75.5 cm³/mol. The van der Waals surface area contributed by atoms with Crippen LogP contribution in [0.25, 0.3) is 0 Å². The monoisotopic (exact) mass is 269 g/mol. The minimum atomic E-state index is -1.03. The van der Waals surface area contributed by atoms with Crippen molar-refractivity contribution in [1.29, 1.82) is 0 Å². The Kier molecular flexibility index (Phi) is 3.10. The second kappa shape index (κ2) is 4.92. The number of aromatic carboxylic acids is 1. The first-order chi connectivity index (χ1) is 9.63. The molecule has 0 amide bonds. The highest BCUT2D eigenvalue weighted by atomic mass is 16.4. The van der Waals surface area contributed by atoms with Gasteiger partial charge in [0, 0.05) is 11.9 Å². The fourth-order valence-electron chi connectivity index (χ4n) is 2.51. The van der Waals surface area contributed by atoms with Crippen LogP contribution < -0.4 is 5.32 Å². The number of nitrogens with zero attached hydrogens (tertiary/aromatic N) is 2. The average molecular weight is 269 g/mol. The van der Waals surface area contributed by atoms with Gasteiger partial charge < -0.3 is 10.4 Å². The number of aromatic nitrogens is 2. The summed E-state index contributed by atoms with van der Waals surface area (Å²) < 4.78 is 0. The smallest absolute Gasteiger partial charge is 0.341 e. The summed E-state index contributed by atoms with van der Waals surface area (Å²) in [6.07, 6.45) is 4.73. The molecule has 0 saturated carbocycles. The molecule has 0 atom stereocenters. The van der Waals surface area contributed by atoms with Crippen molar-refractivity contribution in [2.24, 2.45) is 0 Å². The topological polar surface area (TPSA) is 75.1 Å². The highest BCUT2D eigenvalue weighted by Crippen LogP contribution is 2.27. The molecule has 2 N–H and O–H groups in total. The minimum absolute atomic E-state index is 0.0797. The van der Waals surface area contributed by atoms with E-state index in [1.54, 1.807) is 6.92 Å². The summed E-state index contributed by atoms with van der Waals surface area (Å²) in [5.41, 5.74) is 3.66. The van der Waals surface area contributed by atoms with E-state index in [0.29, 0.717) is 11.6 Å². The Hall–Kier alpha value is -2.43. The first kappa shape index (κ1) is 12.6. The van der Waals surface area contributed by atoms with E-state index in [-0.39, 0.29) is 5.56 Å². The van der Waals surface area contributed by atoms with Crippen molar-refractivity contribution in [3.05, 3.63) is 46.9 Å². The Bertz CT molecular complexity index is 683. The highest BCUT2D eigenvalue weighted by Gasteiger charge is 2.15. The van der Waals surface area contributed by atoms with Crippen LogP contribution in [-0.2, 0) is 12.8 Å². The number of benzene rings is 1. The molecular formula is C15H15N3O2. The Labute approximate surface area is 116 Å². The van der Waals surface area contributed by atoms with Crippen molar-refractivity contribution < 1.29 is 9.90 Å². The Morgan fingerprint density at radius 2 is 2.10 bits per heavy atom. The minimum Gasteiger partial charge on any atom is -0.477 e. The van der Waals surface area contributed by atoms with E-state index >= 15 is 0 Å². The van der Waals surface area contributed by atoms with E-state index in [1.807, 2.05) is 6.07 Å². The number of aryl methyl sites for hydroxylation is 3. The molecule has 1 heterocycles. The zero-order valence-electron chi connectivity index (χ0n) is 11.2. The normalized spacial score (nSPS) is 13.1. The molecule has 0 fully saturated rings. The molecule has 0 unspecified atom stereocenters. The van der Waals surface area contributed by atoms with Gasteiger partial charge in [0.15, 0.2) is 0 Å². The number of hydrogen-bond donors (Lipinski definition) is 2. The number of nitrogens with one attached hydrogen (secondary N) is 1. The molecule has 5 heteroatoms. The van der Waals surface area contributed by atoms with Gasteiger partial charge in [0.2, 0.25) is 0 Å². The van der Waals surface area contributed by atoms with Crippen LogP contribution in [0, 0.1) is 6.92 Å². The maximum atomic E-state index is 11.2. The molecule has 5 nitrogen and oxygen atoms in total. The van der Waals surface area contributed by atoms with E-state index in [0.717, 1.165) is 18.5 Å². The summed E-state index contributed by atoms with van der Waals surface area (Å²) in [5, 5.41) is 12.3. The molecule has 0 radical (unpaired) electrons. The molecule has 0 saturated heterocycles. The van der Waals surface area contributed by atoms with Gasteiger partial charge in [-0.05, 0) is 49.4 Å².